The Balaban J connectivity index is 2.44. The van der Waals surface area contributed by atoms with E-state index < -0.39 is 28.5 Å². The fraction of sp³-hybridized carbons (Fsp3) is 0.333. The maximum atomic E-state index is 13.4. The van der Waals surface area contributed by atoms with Crippen LogP contribution in [0.4, 0.5) is 5.69 Å². The normalized spacial score (nSPS) is 12.2. The topological polar surface area (TPSA) is 86.8 Å². The summed E-state index contributed by atoms with van der Waals surface area (Å²) in [5, 5.41) is 3.34. The smallest absolute Gasteiger partial charge is 0.244 e. The number of sulfonamides is 1. The summed E-state index contributed by atoms with van der Waals surface area (Å²) in [6, 6.07) is 10.6. The van der Waals surface area contributed by atoms with Crippen LogP contribution in [0.15, 0.2) is 46.9 Å². The zero-order chi connectivity index (χ0) is 24.1. The van der Waals surface area contributed by atoms with Crippen LogP contribution in [0.2, 0.25) is 10.0 Å². The molecule has 7 nitrogen and oxygen atoms in total. The van der Waals surface area contributed by atoms with Crippen molar-refractivity contribution in [1.82, 2.24) is 10.2 Å². The number of carbonyl (C=O) groups excluding carboxylic acids is 2. The van der Waals surface area contributed by atoms with Gasteiger partial charge < -0.3 is 10.2 Å². The molecule has 0 saturated carbocycles. The van der Waals surface area contributed by atoms with Crippen molar-refractivity contribution in [2.75, 3.05) is 24.2 Å². The molecule has 32 heavy (non-hydrogen) atoms. The number of carbonyl (C=O) groups is 2. The van der Waals surface area contributed by atoms with Gasteiger partial charge in [-0.2, -0.15) is 0 Å². The number of benzene rings is 2. The zero-order valence-electron chi connectivity index (χ0n) is 17.8. The van der Waals surface area contributed by atoms with Gasteiger partial charge in [-0.3, -0.25) is 13.9 Å². The van der Waals surface area contributed by atoms with Crippen molar-refractivity contribution in [1.29, 1.82) is 0 Å². The lowest BCUT2D eigenvalue weighted by Gasteiger charge is -2.32. The van der Waals surface area contributed by atoms with E-state index in [2.05, 4.69) is 21.2 Å². The molecular formula is C21H24BrCl2N3O4S. The number of hydrogen-bond acceptors (Lipinski definition) is 4. The molecule has 0 bridgehead atoms. The lowest BCUT2D eigenvalue weighted by Crippen LogP contribution is -2.51. The standard InChI is InChI=1S/C21H24BrCl2N3O4S/c1-4-19(21(29)25-2)26(12-14-5-8-16(23)11-18(14)24)20(28)13-27(32(3,30)31)17-9-6-15(22)7-10-17/h5-11,19H,4,12-13H2,1-3H3,(H,25,29)/t19-/m1/s1. The first-order chi connectivity index (χ1) is 15.0. The molecule has 1 N–H and O–H groups in total. The molecule has 11 heteroatoms. The molecule has 0 heterocycles. The van der Waals surface area contributed by atoms with Gasteiger partial charge in [-0.05, 0) is 48.4 Å². The van der Waals surface area contributed by atoms with Gasteiger partial charge in [0.05, 0.1) is 11.9 Å². The minimum atomic E-state index is -3.78. The Hall–Kier alpha value is -1.81. The lowest BCUT2D eigenvalue weighted by molar-refractivity contribution is -0.140. The van der Waals surface area contributed by atoms with Gasteiger partial charge in [0.25, 0.3) is 0 Å². The van der Waals surface area contributed by atoms with Gasteiger partial charge in [0.2, 0.25) is 21.8 Å². The third-order valence-electron chi connectivity index (χ3n) is 4.78. The summed E-state index contributed by atoms with van der Waals surface area (Å²) in [7, 11) is -2.30. The fourth-order valence-electron chi connectivity index (χ4n) is 3.14. The molecule has 2 amide bonds. The minimum absolute atomic E-state index is 0.0126. The zero-order valence-corrected chi connectivity index (χ0v) is 21.7. The maximum Gasteiger partial charge on any atom is 0.244 e. The molecular weight excluding hydrogens is 541 g/mol. The van der Waals surface area contributed by atoms with Crippen LogP contribution in [0.25, 0.3) is 0 Å². The highest BCUT2D eigenvalue weighted by molar-refractivity contribution is 9.10. The molecule has 0 aliphatic carbocycles. The summed E-state index contributed by atoms with van der Waals surface area (Å²) in [4.78, 5) is 27.3. The van der Waals surface area contributed by atoms with Gasteiger partial charge in [-0.25, -0.2) is 8.42 Å². The van der Waals surface area contributed by atoms with Gasteiger partial charge in [-0.15, -0.1) is 0 Å². The molecule has 174 valence electrons. The quantitative estimate of drug-likeness (QED) is 0.497. The SMILES string of the molecule is CC[C@H](C(=O)NC)N(Cc1ccc(Cl)cc1Cl)C(=O)CN(c1ccc(Br)cc1)S(C)(=O)=O. The molecule has 1 atom stereocenters. The first-order valence-electron chi connectivity index (χ1n) is 9.66. The van der Waals surface area contributed by atoms with Gasteiger partial charge in [0.15, 0.2) is 0 Å². The number of amides is 2. The van der Waals surface area contributed by atoms with Gasteiger partial charge in [0, 0.05) is 28.1 Å². The molecule has 0 saturated heterocycles. The van der Waals surface area contributed by atoms with Crippen molar-refractivity contribution in [2.24, 2.45) is 0 Å². The number of anilines is 1. The van der Waals surface area contributed by atoms with E-state index in [1.807, 2.05) is 0 Å². The van der Waals surface area contributed by atoms with Crippen LogP contribution in [-0.4, -0.2) is 51.0 Å². The number of halogens is 3. The van der Waals surface area contributed by atoms with E-state index in [1.54, 1.807) is 49.4 Å². The van der Waals surface area contributed by atoms with E-state index in [0.717, 1.165) is 15.0 Å². The summed E-state index contributed by atoms with van der Waals surface area (Å²) in [5.41, 5.74) is 0.919. The Kier molecular flexibility index (Phi) is 9.39. The third-order valence-corrected chi connectivity index (χ3v) is 7.04. The van der Waals surface area contributed by atoms with Crippen molar-refractivity contribution in [3.05, 3.63) is 62.5 Å². The predicted octanol–water partition coefficient (Wildman–Crippen LogP) is 4.08. The monoisotopic (exact) mass is 563 g/mol. The molecule has 2 aromatic rings. The van der Waals surface area contributed by atoms with Crippen LogP contribution in [0.3, 0.4) is 0 Å². The molecule has 2 aromatic carbocycles. The van der Waals surface area contributed by atoms with Crippen LogP contribution < -0.4 is 9.62 Å². The van der Waals surface area contributed by atoms with Crippen molar-refractivity contribution in [3.63, 3.8) is 0 Å². The minimum Gasteiger partial charge on any atom is -0.357 e. The van der Waals surface area contributed by atoms with Gasteiger partial charge >= 0.3 is 0 Å². The molecule has 0 unspecified atom stereocenters. The molecule has 0 fully saturated rings. The number of nitrogens with zero attached hydrogens (tertiary/aromatic N) is 2. The van der Waals surface area contributed by atoms with Gasteiger partial charge in [-0.1, -0.05) is 52.1 Å². The van der Waals surface area contributed by atoms with Crippen LogP contribution in [0, 0.1) is 0 Å². The second kappa shape index (κ2) is 11.4. The summed E-state index contributed by atoms with van der Waals surface area (Å²) in [6.07, 6.45) is 1.35. The Morgan fingerprint density at radius 1 is 1.12 bits per heavy atom. The van der Waals surface area contributed by atoms with E-state index in [0.29, 0.717) is 27.7 Å². The predicted molar refractivity (Wildman–Crippen MR) is 131 cm³/mol. The van der Waals surface area contributed by atoms with E-state index in [-0.39, 0.29) is 12.5 Å². The average molecular weight is 565 g/mol. The van der Waals surface area contributed by atoms with Crippen molar-refractivity contribution in [2.45, 2.75) is 25.9 Å². The first kappa shape index (κ1) is 26.4. The van der Waals surface area contributed by atoms with E-state index in [4.69, 9.17) is 23.2 Å². The Morgan fingerprint density at radius 2 is 1.75 bits per heavy atom. The Morgan fingerprint density at radius 3 is 2.25 bits per heavy atom. The summed E-state index contributed by atoms with van der Waals surface area (Å²) >= 11 is 15.6. The highest BCUT2D eigenvalue weighted by Crippen LogP contribution is 2.25. The number of hydrogen-bond donors (Lipinski definition) is 1. The Bertz CT molecular complexity index is 1080. The molecule has 0 spiro atoms. The molecule has 2 rings (SSSR count). The van der Waals surface area contributed by atoms with Crippen LogP contribution >= 0.6 is 39.1 Å². The second-order valence-electron chi connectivity index (χ2n) is 7.04. The van der Waals surface area contributed by atoms with Crippen molar-refractivity contribution < 1.29 is 18.0 Å². The largest absolute Gasteiger partial charge is 0.357 e. The van der Waals surface area contributed by atoms with E-state index in [9.17, 15) is 18.0 Å². The lowest BCUT2D eigenvalue weighted by atomic mass is 10.1. The molecule has 0 aliphatic heterocycles. The van der Waals surface area contributed by atoms with Crippen LogP contribution in [-0.2, 0) is 26.2 Å². The average Bonchev–Trinajstić information content (AvgIpc) is 2.73. The Labute approximate surface area is 206 Å². The highest BCUT2D eigenvalue weighted by Gasteiger charge is 2.31. The van der Waals surface area contributed by atoms with E-state index >= 15 is 0 Å². The summed E-state index contributed by atoms with van der Waals surface area (Å²) in [6.45, 7) is 1.31. The summed E-state index contributed by atoms with van der Waals surface area (Å²) < 4.78 is 26.7. The first-order valence-corrected chi connectivity index (χ1v) is 13.1. The number of likely N-dealkylation sites (N-methyl/N-ethyl adjacent to an activating group) is 1. The number of rotatable bonds is 9. The molecule has 0 aromatic heterocycles. The highest BCUT2D eigenvalue weighted by atomic mass is 79.9. The van der Waals surface area contributed by atoms with Crippen molar-refractivity contribution >= 4 is 66.7 Å². The van der Waals surface area contributed by atoms with Crippen LogP contribution in [0.5, 0.6) is 0 Å². The fourth-order valence-corrected chi connectivity index (χ4v) is 4.72. The van der Waals surface area contributed by atoms with Crippen molar-refractivity contribution in [3.8, 4) is 0 Å². The molecule has 0 aliphatic rings. The van der Waals surface area contributed by atoms with Crippen LogP contribution in [0.1, 0.15) is 18.9 Å². The van der Waals surface area contributed by atoms with Gasteiger partial charge in [0.1, 0.15) is 12.6 Å². The second-order valence-corrected chi connectivity index (χ2v) is 10.7. The number of nitrogens with one attached hydrogen (secondary N) is 1. The summed E-state index contributed by atoms with van der Waals surface area (Å²) in [5.74, 6) is -0.903. The molecule has 0 radical (unpaired) electrons. The maximum absolute atomic E-state index is 13.4. The third kappa shape index (κ3) is 6.84. The van der Waals surface area contributed by atoms with E-state index in [1.165, 1.54) is 11.9 Å².